The highest BCUT2D eigenvalue weighted by Gasteiger charge is 2.13. The van der Waals surface area contributed by atoms with Gasteiger partial charge >= 0.3 is 0 Å². The van der Waals surface area contributed by atoms with Crippen LogP contribution in [0.15, 0.2) is 89.8 Å². The van der Waals surface area contributed by atoms with Gasteiger partial charge in [-0.3, -0.25) is 10.1 Å². The zero-order valence-electron chi connectivity index (χ0n) is 20.2. The molecule has 0 aliphatic heterocycles. The van der Waals surface area contributed by atoms with Gasteiger partial charge in [-0.05, 0) is 35.9 Å². The first-order valence-corrected chi connectivity index (χ1v) is 12.5. The maximum Gasteiger partial charge on any atom is 0.268 e. The number of methoxy groups -OCH3 is 1. The molecular weight excluding hydrogens is 486 g/mol. The average molecular weight is 512 g/mol. The van der Waals surface area contributed by atoms with Crippen LogP contribution in [0, 0.1) is 11.3 Å². The second-order valence-corrected chi connectivity index (χ2v) is 8.66. The maximum atomic E-state index is 12.6. The Morgan fingerprint density at radius 3 is 2.41 bits per heavy atom. The third-order valence-corrected chi connectivity index (χ3v) is 5.99. The molecule has 0 fully saturated rings. The predicted molar refractivity (Wildman–Crippen MR) is 145 cm³/mol. The molecule has 0 radical (unpaired) electrons. The fourth-order valence-electron chi connectivity index (χ4n) is 3.38. The standard InChI is InChI=1S/C29H25N3O4S/c1-34-26-10-5-6-11-27(26)36-17-7-16-35-24-14-12-21(13-15-24)18-23(19-30)28(33)32-29-31-25(20-37-29)22-8-3-2-4-9-22/h2-6,8-15,18,20H,7,16-17H2,1H3,(H,31,32,33). The molecule has 7 nitrogen and oxygen atoms in total. The number of nitrogens with one attached hydrogen (secondary N) is 1. The smallest absolute Gasteiger partial charge is 0.268 e. The minimum absolute atomic E-state index is 0.0152. The zero-order valence-corrected chi connectivity index (χ0v) is 21.0. The van der Waals surface area contributed by atoms with Gasteiger partial charge in [0.1, 0.15) is 17.4 Å². The normalized spacial score (nSPS) is 10.9. The zero-order chi connectivity index (χ0) is 25.9. The van der Waals surface area contributed by atoms with Crippen LogP contribution >= 0.6 is 11.3 Å². The van der Waals surface area contributed by atoms with Crippen LogP contribution in [-0.4, -0.2) is 31.2 Å². The Morgan fingerprint density at radius 1 is 0.973 bits per heavy atom. The van der Waals surface area contributed by atoms with Crippen molar-refractivity contribution in [1.82, 2.24) is 4.98 Å². The summed E-state index contributed by atoms with van der Waals surface area (Å²) in [6.07, 6.45) is 2.23. The minimum Gasteiger partial charge on any atom is -0.493 e. The van der Waals surface area contributed by atoms with E-state index < -0.39 is 5.91 Å². The van der Waals surface area contributed by atoms with Crippen molar-refractivity contribution in [3.8, 4) is 34.6 Å². The first-order valence-electron chi connectivity index (χ1n) is 11.6. The van der Waals surface area contributed by atoms with E-state index in [0.29, 0.717) is 47.6 Å². The molecule has 0 aliphatic rings. The maximum absolute atomic E-state index is 12.6. The van der Waals surface area contributed by atoms with E-state index in [1.165, 1.54) is 17.4 Å². The predicted octanol–water partition coefficient (Wildman–Crippen LogP) is 6.21. The number of anilines is 1. The highest BCUT2D eigenvalue weighted by atomic mass is 32.1. The number of thiazole rings is 1. The van der Waals surface area contributed by atoms with E-state index >= 15 is 0 Å². The van der Waals surface area contributed by atoms with Gasteiger partial charge in [0.25, 0.3) is 5.91 Å². The number of hydrogen-bond donors (Lipinski definition) is 1. The van der Waals surface area contributed by atoms with Gasteiger partial charge in [-0.1, -0.05) is 54.6 Å². The number of nitrogens with zero attached hydrogens (tertiary/aromatic N) is 2. The lowest BCUT2D eigenvalue weighted by Gasteiger charge is -2.11. The Hall–Kier alpha value is -4.61. The fraction of sp³-hybridized carbons (Fsp3) is 0.138. The Kier molecular flexibility index (Phi) is 8.89. The Morgan fingerprint density at radius 2 is 1.68 bits per heavy atom. The molecule has 4 rings (SSSR count). The fourth-order valence-corrected chi connectivity index (χ4v) is 4.10. The van der Waals surface area contributed by atoms with Crippen LogP contribution in [0.5, 0.6) is 17.2 Å². The third-order valence-electron chi connectivity index (χ3n) is 5.23. The minimum atomic E-state index is -0.508. The molecule has 37 heavy (non-hydrogen) atoms. The van der Waals surface area contributed by atoms with Crippen LogP contribution in [0.3, 0.4) is 0 Å². The molecule has 0 aliphatic carbocycles. The molecule has 0 bridgehead atoms. The number of para-hydroxylation sites is 2. The largest absolute Gasteiger partial charge is 0.493 e. The first kappa shape index (κ1) is 25.5. The van der Waals surface area contributed by atoms with Gasteiger partial charge in [-0.15, -0.1) is 11.3 Å². The number of benzene rings is 3. The van der Waals surface area contributed by atoms with Crippen LogP contribution in [-0.2, 0) is 4.79 Å². The molecule has 0 saturated carbocycles. The Balaban J connectivity index is 1.27. The molecule has 1 aromatic heterocycles. The molecule has 8 heteroatoms. The third kappa shape index (κ3) is 7.19. The second kappa shape index (κ2) is 12.9. The summed E-state index contributed by atoms with van der Waals surface area (Å²) in [4.78, 5) is 17.1. The van der Waals surface area contributed by atoms with Crippen molar-refractivity contribution in [3.63, 3.8) is 0 Å². The van der Waals surface area contributed by atoms with Gasteiger partial charge in [0.05, 0.1) is 26.0 Å². The summed E-state index contributed by atoms with van der Waals surface area (Å²) < 4.78 is 16.8. The molecule has 1 heterocycles. The van der Waals surface area contributed by atoms with Gasteiger partial charge in [0, 0.05) is 17.4 Å². The monoisotopic (exact) mass is 511 g/mol. The first-order chi connectivity index (χ1) is 18.2. The van der Waals surface area contributed by atoms with E-state index in [1.54, 1.807) is 31.4 Å². The molecule has 3 aromatic carbocycles. The molecule has 4 aromatic rings. The molecule has 186 valence electrons. The summed E-state index contributed by atoms with van der Waals surface area (Å²) in [7, 11) is 1.61. The summed E-state index contributed by atoms with van der Waals surface area (Å²) >= 11 is 1.31. The average Bonchev–Trinajstić information content (AvgIpc) is 3.41. The van der Waals surface area contributed by atoms with E-state index in [4.69, 9.17) is 14.2 Å². The topological polar surface area (TPSA) is 93.5 Å². The van der Waals surface area contributed by atoms with Crippen LogP contribution in [0.1, 0.15) is 12.0 Å². The van der Waals surface area contributed by atoms with Crippen molar-refractivity contribution >= 4 is 28.5 Å². The summed E-state index contributed by atoms with van der Waals surface area (Å²) in [5.41, 5.74) is 2.42. The highest BCUT2D eigenvalue weighted by Crippen LogP contribution is 2.26. The van der Waals surface area contributed by atoms with E-state index in [1.807, 2.05) is 66.0 Å². The lowest BCUT2D eigenvalue weighted by atomic mass is 10.1. The molecule has 0 spiro atoms. The van der Waals surface area contributed by atoms with Crippen molar-refractivity contribution in [3.05, 3.63) is 95.4 Å². The van der Waals surface area contributed by atoms with E-state index in [2.05, 4.69) is 10.3 Å². The summed E-state index contributed by atoms with van der Waals surface area (Å²) in [5, 5.41) is 14.5. The Labute approximate surface area is 219 Å². The molecule has 1 amide bonds. The number of amides is 1. The molecule has 1 N–H and O–H groups in total. The van der Waals surface area contributed by atoms with E-state index in [-0.39, 0.29) is 5.57 Å². The van der Waals surface area contributed by atoms with Crippen molar-refractivity contribution in [1.29, 1.82) is 5.26 Å². The number of rotatable bonds is 11. The highest BCUT2D eigenvalue weighted by molar-refractivity contribution is 7.14. The van der Waals surface area contributed by atoms with Crippen molar-refractivity contribution in [2.24, 2.45) is 0 Å². The molecular formula is C29H25N3O4S. The molecule has 0 atom stereocenters. The quantitative estimate of drug-likeness (QED) is 0.146. The lowest BCUT2D eigenvalue weighted by Crippen LogP contribution is -2.13. The summed E-state index contributed by atoms with van der Waals surface area (Å²) in [6.45, 7) is 0.975. The Bertz CT molecular complexity index is 1390. The van der Waals surface area contributed by atoms with Crippen LogP contribution in [0.4, 0.5) is 5.13 Å². The van der Waals surface area contributed by atoms with Crippen LogP contribution in [0.25, 0.3) is 17.3 Å². The van der Waals surface area contributed by atoms with E-state index in [0.717, 1.165) is 11.3 Å². The van der Waals surface area contributed by atoms with Crippen LogP contribution < -0.4 is 19.5 Å². The summed E-state index contributed by atoms with van der Waals surface area (Å²) in [6, 6.07) is 26.3. The number of ether oxygens (including phenoxy) is 3. The molecule has 0 saturated heterocycles. The SMILES string of the molecule is COc1ccccc1OCCCOc1ccc(C=C(C#N)C(=O)Nc2nc(-c3ccccc3)cs2)cc1. The number of aromatic nitrogens is 1. The lowest BCUT2D eigenvalue weighted by molar-refractivity contribution is -0.112. The number of carbonyl (C=O) groups excluding carboxylic acids is 1. The summed E-state index contributed by atoms with van der Waals surface area (Å²) in [5.74, 6) is 1.58. The van der Waals surface area contributed by atoms with Crippen molar-refractivity contribution in [2.75, 3.05) is 25.6 Å². The van der Waals surface area contributed by atoms with Crippen LogP contribution in [0.2, 0.25) is 0 Å². The molecule has 0 unspecified atom stereocenters. The van der Waals surface area contributed by atoms with Gasteiger partial charge in [-0.25, -0.2) is 4.98 Å². The number of carbonyl (C=O) groups is 1. The van der Waals surface area contributed by atoms with Gasteiger partial charge in [-0.2, -0.15) is 5.26 Å². The van der Waals surface area contributed by atoms with Gasteiger partial charge in [0.15, 0.2) is 16.6 Å². The van der Waals surface area contributed by atoms with Crippen molar-refractivity contribution < 1.29 is 19.0 Å². The van der Waals surface area contributed by atoms with E-state index in [9.17, 15) is 10.1 Å². The number of nitriles is 1. The van der Waals surface area contributed by atoms with Gasteiger partial charge in [0.2, 0.25) is 0 Å². The number of hydrogen-bond acceptors (Lipinski definition) is 7. The van der Waals surface area contributed by atoms with Crippen molar-refractivity contribution in [2.45, 2.75) is 6.42 Å². The van der Waals surface area contributed by atoms with Gasteiger partial charge < -0.3 is 14.2 Å². The second-order valence-electron chi connectivity index (χ2n) is 7.80.